The monoisotopic (exact) mass is 447 g/mol. The Kier molecular flexibility index (Phi) is 5.73. The summed E-state index contributed by atoms with van der Waals surface area (Å²) in [6, 6.07) is 14.6. The molecule has 2 heterocycles. The van der Waals surface area contributed by atoms with Gasteiger partial charge >= 0.3 is 6.03 Å². The minimum atomic E-state index is -0.873. The summed E-state index contributed by atoms with van der Waals surface area (Å²) in [6.45, 7) is 2.12. The largest absolute Gasteiger partial charge is 0.494 e. The summed E-state index contributed by atoms with van der Waals surface area (Å²) < 4.78 is 11.0. The molecule has 0 aliphatic carbocycles. The van der Waals surface area contributed by atoms with Gasteiger partial charge in [0.05, 0.1) is 28.8 Å². The van der Waals surface area contributed by atoms with Crippen LogP contribution in [0.5, 0.6) is 5.75 Å². The Morgan fingerprint density at radius 3 is 2.55 bits per heavy atom. The van der Waals surface area contributed by atoms with E-state index in [1.807, 2.05) is 0 Å². The van der Waals surface area contributed by atoms with Gasteiger partial charge in [-0.3, -0.25) is 25.0 Å². The van der Waals surface area contributed by atoms with E-state index in [1.165, 1.54) is 30.3 Å². The van der Waals surface area contributed by atoms with Crippen molar-refractivity contribution in [2.24, 2.45) is 0 Å². The van der Waals surface area contributed by atoms with E-state index in [9.17, 15) is 24.5 Å². The molecule has 4 rings (SSSR count). The van der Waals surface area contributed by atoms with Crippen LogP contribution in [0.2, 0.25) is 0 Å². The second kappa shape index (κ2) is 8.79. The van der Waals surface area contributed by atoms with Crippen LogP contribution in [0.25, 0.3) is 17.4 Å². The van der Waals surface area contributed by atoms with Crippen LogP contribution >= 0.6 is 0 Å². The summed E-state index contributed by atoms with van der Waals surface area (Å²) in [7, 11) is 0. The highest BCUT2D eigenvalue weighted by atomic mass is 16.6. The highest BCUT2D eigenvalue weighted by Gasteiger charge is 2.37. The molecule has 1 aromatic heterocycles. The number of benzene rings is 2. The minimum absolute atomic E-state index is 0.106. The number of nitrogens with zero attached hydrogens (tertiary/aromatic N) is 2. The van der Waals surface area contributed by atoms with Gasteiger partial charge in [-0.15, -0.1) is 0 Å². The summed E-state index contributed by atoms with van der Waals surface area (Å²) in [5.41, 5.74) is -0.0421. The van der Waals surface area contributed by atoms with Gasteiger partial charge in [-0.25, -0.2) is 9.69 Å². The Hall–Kier alpha value is -4.73. The van der Waals surface area contributed by atoms with Gasteiger partial charge in [0.15, 0.2) is 0 Å². The third-order valence-corrected chi connectivity index (χ3v) is 4.77. The molecule has 0 spiro atoms. The molecule has 166 valence electrons. The third-order valence-electron chi connectivity index (χ3n) is 4.77. The van der Waals surface area contributed by atoms with E-state index in [-0.39, 0.29) is 28.3 Å². The number of amides is 4. The molecular weight excluding hydrogens is 430 g/mol. The topological polar surface area (TPSA) is 132 Å². The number of para-hydroxylation sites is 1. The van der Waals surface area contributed by atoms with Crippen LogP contribution in [0.1, 0.15) is 12.7 Å². The summed E-state index contributed by atoms with van der Waals surface area (Å²) in [5, 5.41) is 13.6. The minimum Gasteiger partial charge on any atom is -0.494 e. The Bertz CT molecular complexity index is 1290. The first-order chi connectivity index (χ1) is 15.9. The Morgan fingerprint density at radius 1 is 1.09 bits per heavy atom. The van der Waals surface area contributed by atoms with E-state index >= 15 is 0 Å². The number of anilines is 1. The van der Waals surface area contributed by atoms with Crippen molar-refractivity contribution >= 4 is 35.3 Å². The van der Waals surface area contributed by atoms with E-state index in [2.05, 4.69) is 5.32 Å². The summed E-state index contributed by atoms with van der Waals surface area (Å²) in [6.07, 6.45) is 1.18. The SMILES string of the molecule is CCOc1ccc(-c2ccc(C=C3C(=O)NC(=O)N(c4ccccc4)C3=O)o2)c([N+](=O)[O-])c1. The van der Waals surface area contributed by atoms with Crippen LogP contribution in [0.4, 0.5) is 16.2 Å². The second-order valence-corrected chi connectivity index (χ2v) is 6.86. The number of imide groups is 2. The van der Waals surface area contributed by atoms with Gasteiger partial charge in [-0.05, 0) is 49.4 Å². The molecule has 0 unspecified atom stereocenters. The summed E-state index contributed by atoms with van der Waals surface area (Å²) in [5.74, 6) is -1.08. The Labute approximate surface area is 187 Å². The molecular formula is C23H17N3O7. The van der Waals surface area contributed by atoms with Gasteiger partial charge < -0.3 is 9.15 Å². The average molecular weight is 447 g/mol. The van der Waals surface area contributed by atoms with Crippen molar-refractivity contribution in [2.45, 2.75) is 6.92 Å². The van der Waals surface area contributed by atoms with Crippen LogP contribution in [-0.4, -0.2) is 29.4 Å². The molecule has 1 N–H and O–H groups in total. The Balaban J connectivity index is 1.68. The number of hydrogen-bond donors (Lipinski definition) is 1. The van der Waals surface area contributed by atoms with E-state index in [4.69, 9.17) is 9.15 Å². The van der Waals surface area contributed by atoms with Crippen LogP contribution in [-0.2, 0) is 9.59 Å². The van der Waals surface area contributed by atoms with Crippen LogP contribution in [0.3, 0.4) is 0 Å². The smallest absolute Gasteiger partial charge is 0.335 e. The molecule has 0 bridgehead atoms. The fourth-order valence-corrected chi connectivity index (χ4v) is 3.31. The lowest BCUT2D eigenvalue weighted by atomic mass is 10.1. The van der Waals surface area contributed by atoms with Crippen LogP contribution in [0.15, 0.2) is 70.7 Å². The highest BCUT2D eigenvalue weighted by Crippen LogP contribution is 2.35. The van der Waals surface area contributed by atoms with E-state index in [0.717, 1.165) is 4.90 Å². The first kappa shape index (κ1) is 21.5. The summed E-state index contributed by atoms with van der Waals surface area (Å²) in [4.78, 5) is 49.3. The van der Waals surface area contributed by atoms with Gasteiger partial charge in [-0.1, -0.05) is 18.2 Å². The van der Waals surface area contributed by atoms with Crippen molar-refractivity contribution in [1.82, 2.24) is 5.32 Å². The lowest BCUT2D eigenvalue weighted by Gasteiger charge is -2.26. The molecule has 3 aromatic rings. The molecule has 0 saturated carbocycles. The molecule has 10 heteroatoms. The second-order valence-electron chi connectivity index (χ2n) is 6.86. The number of nitro groups is 1. The maximum Gasteiger partial charge on any atom is 0.335 e. The molecule has 0 atom stereocenters. The lowest BCUT2D eigenvalue weighted by Crippen LogP contribution is -2.54. The summed E-state index contributed by atoms with van der Waals surface area (Å²) >= 11 is 0. The quantitative estimate of drug-likeness (QED) is 0.262. The number of rotatable bonds is 6. The van der Waals surface area contributed by atoms with E-state index < -0.39 is 22.8 Å². The molecule has 33 heavy (non-hydrogen) atoms. The van der Waals surface area contributed by atoms with Gasteiger partial charge in [0.1, 0.15) is 22.8 Å². The van der Waals surface area contributed by atoms with Crippen molar-refractivity contribution in [3.05, 3.63) is 82.1 Å². The molecule has 1 aliphatic heterocycles. The average Bonchev–Trinajstić information content (AvgIpc) is 3.26. The number of urea groups is 1. The van der Waals surface area contributed by atoms with E-state index in [1.54, 1.807) is 43.3 Å². The number of carbonyl (C=O) groups excluding carboxylic acids is 3. The molecule has 1 fully saturated rings. The molecule has 10 nitrogen and oxygen atoms in total. The van der Waals surface area contributed by atoms with Gasteiger partial charge in [-0.2, -0.15) is 0 Å². The number of hydrogen-bond acceptors (Lipinski definition) is 7. The van der Waals surface area contributed by atoms with Crippen molar-refractivity contribution in [2.75, 3.05) is 11.5 Å². The number of ether oxygens (including phenoxy) is 1. The zero-order chi connectivity index (χ0) is 23.5. The van der Waals surface area contributed by atoms with Crippen LogP contribution < -0.4 is 15.0 Å². The normalized spacial score (nSPS) is 15.0. The maximum atomic E-state index is 12.9. The zero-order valence-corrected chi connectivity index (χ0v) is 17.3. The number of furan rings is 1. The van der Waals surface area contributed by atoms with Gasteiger partial charge in [0.25, 0.3) is 17.5 Å². The number of carbonyl (C=O) groups is 3. The maximum absolute atomic E-state index is 12.9. The van der Waals surface area contributed by atoms with E-state index in [0.29, 0.717) is 18.0 Å². The zero-order valence-electron chi connectivity index (χ0n) is 17.3. The van der Waals surface area contributed by atoms with Gasteiger partial charge in [0, 0.05) is 0 Å². The Morgan fingerprint density at radius 2 is 1.85 bits per heavy atom. The predicted molar refractivity (Wildman–Crippen MR) is 117 cm³/mol. The first-order valence-electron chi connectivity index (χ1n) is 9.87. The standard InChI is InChI=1S/C23H17N3O7/c1-2-32-15-8-10-17(19(13-15)26(30)31)20-11-9-16(33-20)12-18-21(27)24-23(29)25(22(18)28)14-6-4-3-5-7-14/h3-13H,2H2,1H3,(H,24,27,29). The molecule has 1 aliphatic rings. The molecule has 4 amide bonds. The predicted octanol–water partition coefficient (Wildman–Crippen LogP) is 3.92. The van der Waals surface area contributed by atoms with Crippen LogP contribution in [0, 0.1) is 10.1 Å². The number of nitrogens with one attached hydrogen (secondary N) is 1. The number of barbiturate groups is 1. The number of nitro benzene ring substituents is 1. The van der Waals surface area contributed by atoms with Gasteiger partial charge in [0.2, 0.25) is 0 Å². The highest BCUT2D eigenvalue weighted by molar-refractivity contribution is 6.39. The van der Waals surface area contributed by atoms with Crippen molar-refractivity contribution < 1.29 is 28.5 Å². The van der Waals surface area contributed by atoms with Crippen molar-refractivity contribution in [1.29, 1.82) is 0 Å². The molecule has 2 aromatic carbocycles. The molecule has 0 radical (unpaired) electrons. The first-order valence-corrected chi connectivity index (χ1v) is 9.87. The van der Waals surface area contributed by atoms with Crippen molar-refractivity contribution in [3.63, 3.8) is 0 Å². The molecule has 1 saturated heterocycles. The fraction of sp³-hybridized carbons (Fsp3) is 0.0870. The third kappa shape index (κ3) is 4.22. The lowest BCUT2D eigenvalue weighted by molar-refractivity contribution is -0.384. The van der Waals surface area contributed by atoms with Crippen molar-refractivity contribution in [3.8, 4) is 17.1 Å². The fourth-order valence-electron chi connectivity index (χ4n) is 3.31.